The van der Waals surface area contributed by atoms with Crippen LogP contribution < -0.4 is 10.5 Å². The fraction of sp³-hybridized carbons (Fsp3) is 0.400. The number of benzene rings is 1. The third-order valence-corrected chi connectivity index (χ3v) is 4.51. The number of ether oxygens (including phenoxy) is 1. The van der Waals surface area contributed by atoms with E-state index in [0.29, 0.717) is 10.2 Å². The molecule has 18 heavy (non-hydrogen) atoms. The summed E-state index contributed by atoms with van der Waals surface area (Å²) >= 11 is 3.13. The van der Waals surface area contributed by atoms with E-state index < -0.39 is 16.1 Å². The minimum absolute atomic E-state index is 0.0609. The summed E-state index contributed by atoms with van der Waals surface area (Å²) in [6, 6.07) is 4.38. The van der Waals surface area contributed by atoms with Crippen LogP contribution in [0.15, 0.2) is 27.6 Å². The number of hydrogen-bond acceptors (Lipinski definition) is 5. The molecule has 4 N–H and O–H groups in total. The number of rotatable bonds is 6. The molecule has 1 rings (SSSR count). The molecule has 0 aliphatic carbocycles. The Kier molecular flexibility index (Phi) is 5.54. The van der Waals surface area contributed by atoms with Gasteiger partial charge in [0.05, 0.1) is 17.6 Å². The van der Waals surface area contributed by atoms with Crippen molar-refractivity contribution in [2.45, 2.75) is 11.0 Å². The standard InChI is InChI=1S/C10H15BrN2O4S/c1-17-6-8(14)5-13-18(15,16)10-3-2-7(12)4-9(10)11/h2-4,8,13-14H,5-6,12H2,1H3. The van der Waals surface area contributed by atoms with Crippen LogP contribution in [0.1, 0.15) is 0 Å². The van der Waals surface area contributed by atoms with E-state index in [1.54, 1.807) is 0 Å². The van der Waals surface area contributed by atoms with Crippen molar-refractivity contribution in [1.29, 1.82) is 0 Å². The fourth-order valence-corrected chi connectivity index (χ4v) is 3.44. The molecule has 0 aliphatic rings. The van der Waals surface area contributed by atoms with Crippen molar-refractivity contribution in [2.75, 3.05) is 26.0 Å². The average Bonchev–Trinajstić information content (AvgIpc) is 2.26. The Labute approximate surface area is 114 Å². The topological polar surface area (TPSA) is 102 Å². The highest BCUT2D eigenvalue weighted by atomic mass is 79.9. The number of anilines is 1. The summed E-state index contributed by atoms with van der Waals surface area (Å²) in [5, 5.41) is 9.39. The minimum atomic E-state index is -3.69. The van der Waals surface area contributed by atoms with Crippen LogP contribution in [-0.2, 0) is 14.8 Å². The third kappa shape index (κ3) is 4.21. The van der Waals surface area contributed by atoms with Crippen molar-refractivity contribution in [3.8, 4) is 0 Å². The molecule has 0 aliphatic heterocycles. The number of nitrogens with two attached hydrogens (primary N) is 1. The smallest absolute Gasteiger partial charge is 0.241 e. The number of sulfonamides is 1. The van der Waals surface area contributed by atoms with Crippen LogP contribution >= 0.6 is 15.9 Å². The molecule has 0 bridgehead atoms. The molecule has 102 valence electrons. The SMILES string of the molecule is COCC(O)CNS(=O)(=O)c1ccc(N)cc1Br. The Morgan fingerprint density at radius 3 is 2.78 bits per heavy atom. The first-order valence-corrected chi connectivity index (χ1v) is 7.36. The molecule has 1 aromatic carbocycles. The maximum absolute atomic E-state index is 11.9. The lowest BCUT2D eigenvalue weighted by Crippen LogP contribution is -2.34. The Hall–Kier alpha value is -0.670. The zero-order valence-electron chi connectivity index (χ0n) is 9.76. The summed E-state index contributed by atoms with van der Waals surface area (Å²) in [6.07, 6.45) is -0.891. The van der Waals surface area contributed by atoms with Crippen LogP contribution in [0.4, 0.5) is 5.69 Å². The van der Waals surface area contributed by atoms with Crippen LogP contribution in [0.5, 0.6) is 0 Å². The number of methoxy groups -OCH3 is 1. The first-order valence-electron chi connectivity index (χ1n) is 5.08. The zero-order valence-corrected chi connectivity index (χ0v) is 12.2. The molecule has 0 aromatic heterocycles. The maximum atomic E-state index is 11.9. The second-order valence-electron chi connectivity index (χ2n) is 3.65. The van der Waals surface area contributed by atoms with E-state index in [1.165, 1.54) is 25.3 Å². The maximum Gasteiger partial charge on any atom is 0.241 e. The molecule has 0 saturated carbocycles. The fourth-order valence-electron chi connectivity index (χ4n) is 1.27. The van der Waals surface area contributed by atoms with Gasteiger partial charge in [-0.05, 0) is 34.1 Å². The number of nitrogens with one attached hydrogen (secondary N) is 1. The van der Waals surface area contributed by atoms with Gasteiger partial charge in [0.2, 0.25) is 10.0 Å². The molecule has 6 nitrogen and oxygen atoms in total. The minimum Gasteiger partial charge on any atom is -0.399 e. The van der Waals surface area contributed by atoms with Gasteiger partial charge in [0.25, 0.3) is 0 Å². The van der Waals surface area contributed by atoms with Crippen molar-refractivity contribution in [3.05, 3.63) is 22.7 Å². The lowest BCUT2D eigenvalue weighted by Gasteiger charge is -2.12. The normalized spacial score (nSPS) is 13.5. The Balaban J connectivity index is 2.80. The van der Waals surface area contributed by atoms with Crippen molar-refractivity contribution in [1.82, 2.24) is 4.72 Å². The number of aliphatic hydroxyl groups is 1. The van der Waals surface area contributed by atoms with Gasteiger partial charge in [-0.3, -0.25) is 0 Å². The number of aliphatic hydroxyl groups excluding tert-OH is 1. The molecule has 0 radical (unpaired) electrons. The summed E-state index contributed by atoms with van der Waals surface area (Å²) in [5.41, 5.74) is 5.99. The summed E-state index contributed by atoms with van der Waals surface area (Å²) in [6.45, 7) is -0.0571. The Morgan fingerprint density at radius 2 is 2.22 bits per heavy atom. The van der Waals surface area contributed by atoms with Crippen LogP contribution in [0, 0.1) is 0 Å². The highest BCUT2D eigenvalue weighted by molar-refractivity contribution is 9.10. The highest BCUT2D eigenvalue weighted by Gasteiger charge is 2.18. The molecule has 8 heteroatoms. The van der Waals surface area contributed by atoms with E-state index in [2.05, 4.69) is 20.7 Å². The number of hydrogen-bond donors (Lipinski definition) is 3. The van der Waals surface area contributed by atoms with Gasteiger partial charge in [-0.25, -0.2) is 13.1 Å². The van der Waals surface area contributed by atoms with Crippen molar-refractivity contribution >= 4 is 31.6 Å². The molecule has 1 atom stereocenters. The number of nitrogen functional groups attached to an aromatic ring is 1. The van der Waals surface area contributed by atoms with Gasteiger partial charge in [-0.15, -0.1) is 0 Å². The van der Waals surface area contributed by atoms with E-state index in [0.717, 1.165) is 0 Å². The molecule has 0 saturated heterocycles. The van der Waals surface area contributed by atoms with Gasteiger partial charge >= 0.3 is 0 Å². The lowest BCUT2D eigenvalue weighted by atomic mass is 10.3. The molecule has 0 spiro atoms. The van der Waals surface area contributed by atoms with Gasteiger partial charge in [-0.1, -0.05) is 0 Å². The quantitative estimate of drug-likeness (QED) is 0.648. The van der Waals surface area contributed by atoms with Crippen molar-refractivity contribution in [3.63, 3.8) is 0 Å². The van der Waals surface area contributed by atoms with E-state index in [4.69, 9.17) is 10.5 Å². The predicted octanol–water partition coefficient (Wildman–Crippen LogP) is 0.317. The first-order chi connectivity index (χ1) is 8.36. The number of halogens is 1. The van der Waals surface area contributed by atoms with E-state index >= 15 is 0 Å². The molecule has 1 unspecified atom stereocenters. The van der Waals surface area contributed by atoms with Gasteiger partial charge < -0.3 is 15.6 Å². The molecular formula is C10H15BrN2O4S. The zero-order chi connectivity index (χ0) is 13.8. The van der Waals surface area contributed by atoms with E-state index in [1.807, 2.05) is 0 Å². The second kappa shape index (κ2) is 6.48. The largest absolute Gasteiger partial charge is 0.399 e. The van der Waals surface area contributed by atoms with Crippen LogP contribution in [-0.4, -0.2) is 39.9 Å². The summed E-state index contributed by atoms with van der Waals surface area (Å²) in [4.78, 5) is 0.0707. The third-order valence-electron chi connectivity index (χ3n) is 2.11. The first kappa shape index (κ1) is 15.4. The van der Waals surface area contributed by atoms with E-state index in [9.17, 15) is 13.5 Å². The van der Waals surface area contributed by atoms with E-state index in [-0.39, 0.29) is 18.0 Å². The molecule has 1 aromatic rings. The van der Waals surface area contributed by atoms with Gasteiger partial charge in [0, 0.05) is 23.8 Å². The van der Waals surface area contributed by atoms with Crippen molar-refractivity contribution < 1.29 is 18.3 Å². The summed E-state index contributed by atoms with van der Waals surface area (Å²) in [5.74, 6) is 0. The molecule has 0 fully saturated rings. The summed E-state index contributed by atoms with van der Waals surface area (Å²) in [7, 11) is -2.26. The second-order valence-corrected chi connectivity index (χ2v) is 6.24. The van der Waals surface area contributed by atoms with Crippen LogP contribution in [0.3, 0.4) is 0 Å². The predicted molar refractivity (Wildman–Crippen MR) is 71.6 cm³/mol. The van der Waals surface area contributed by atoms with Crippen molar-refractivity contribution in [2.24, 2.45) is 0 Å². The molecule has 0 heterocycles. The molecule has 0 amide bonds. The van der Waals surface area contributed by atoms with Gasteiger partial charge in [-0.2, -0.15) is 0 Å². The van der Waals surface area contributed by atoms with Crippen LogP contribution in [0.25, 0.3) is 0 Å². The summed E-state index contributed by atoms with van der Waals surface area (Å²) < 4.78 is 31.2. The monoisotopic (exact) mass is 338 g/mol. The van der Waals surface area contributed by atoms with Crippen LogP contribution in [0.2, 0.25) is 0 Å². The Bertz CT molecular complexity index is 507. The Morgan fingerprint density at radius 1 is 1.56 bits per heavy atom. The average molecular weight is 339 g/mol. The lowest BCUT2D eigenvalue weighted by molar-refractivity contribution is 0.0679. The molecular weight excluding hydrogens is 324 g/mol. The van der Waals surface area contributed by atoms with Gasteiger partial charge in [0.15, 0.2) is 0 Å². The highest BCUT2D eigenvalue weighted by Crippen LogP contribution is 2.23. The van der Waals surface area contributed by atoms with Gasteiger partial charge in [0.1, 0.15) is 0 Å².